The highest BCUT2D eigenvalue weighted by atomic mass is 32.2. The van der Waals surface area contributed by atoms with Gasteiger partial charge in [0.15, 0.2) is 5.82 Å². The van der Waals surface area contributed by atoms with Crippen molar-refractivity contribution in [2.24, 2.45) is 4.36 Å². The van der Waals surface area contributed by atoms with Gasteiger partial charge in [0.1, 0.15) is 11.6 Å². The van der Waals surface area contributed by atoms with Crippen molar-refractivity contribution in [2.75, 3.05) is 60.4 Å². The van der Waals surface area contributed by atoms with Crippen molar-refractivity contribution in [3.63, 3.8) is 0 Å². The largest absolute Gasteiger partial charge is 0.374 e. The van der Waals surface area contributed by atoms with Crippen molar-refractivity contribution in [3.05, 3.63) is 54.2 Å². The fraction of sp³-hybridized carbons (Fsp3) is 0.483. The summed E-state index contributed by atoms with van der Waals surface area (Å²) in [6.45, 7) is 11.0. The second-order valence-electron chi connectivity index (χ2n) is 12.0. The predicted octanol–water partition coefficient (Wildman–Crippen LogP) is 4.36. The number of rotatable bonds is 5. The number of nitrogens with zero attached hydrogens (tertiary/aromatic N) is 6. The van der Waals surface area contributed by atoms with Crippen molar-refractivity contribution < 1.29 is 8.95 Å². The van der Waals surface area contributed by atoms with E-state index >= 15 is 0 Å². The summed E-state index contributed by atoms with van der Waals surface area (Å²) in [5, 5.41) is 6.80. The summed E-state index contributed by atoms with van der Waals surface area (Å²) in [6.07, 6.45) is 5.95. The lowest BCUT2D eigenvalue weighted by Gasteiger charge is -2.46. The first kappa shape index (κ1) is 26.9. The van der Waals surface area contributed by atoms with Crippen LogP contribution >= 0.6 is 0 Å². The molecule has 2 atom stereocenters. The van der Waals surface area contributed by atoms with E-state index in [9.17, 15) is 4.21 Å². The highest BCUT2D eigenvalue weighted by Crippen LogP contribution is 2.53. The Morgan fingerprint density at radius 3 is 2.55 bits per heavy atom. The number of pyridine rings is 1. The molecule has 2 N–H and O–H groups in total. The Morgan fingerprint density at radius 2 is 1.82 bits per heavy atom. The third-order valence-electron chi connectivity index (χ3n) is 7.99. The van der Waals surface area contributed by atoms with Gasteiger partial charge in [0.05, 0.1) is 18.2 Å². The summed E-state index contributed by atoms with van der Waals surface area (Å²) in [4.78, 5) is 19.2. The van der Waals surface area contributed by atoms with Crippen molar-refractivity contribution in [2.45, 2.75) is 44.2 Å². The van der Waals surface area contributed by atoms with E-state index < -0.39 is 9.73 Å². The Labute approximate surface area is 236 Å². The Bertz CT molecular complexity index is 1520. The zero-order valence-electron chi connectivity index (χ0n) is 23.8. The molecule has 0 amide bonds. The molecule has 0 spiro atoms. The molecule has 1 aromatic carbocycles. The van der Waals surface area contributed by atoms with Gasteiger partial charge in [0.2, 0.25) is 5.95 Å². The Hall–Kier alpha value is -3.28. The number of hydrogen-bond donors (Lipinski definition) is 2. The highest BCUT2D eigenvalue weighted by Gasteiger charge is 2.55. The minimum Gasteiger partial charge on any atom is -0.374 e. The second kappa shape index (κ2) is 9.97. The monoisotopic (exact) mass is 562 g/mol. The van der Waals surface area contributed by atoms with E-state index in [1.165, 1.54) is 5.69 Å². The van der Waals surface area contributed by atoms with Crippen LogP contribution < -0.4 is 20.4 Å². The smallest absolute Gasteiger partial charge is 0.229 e. The fourth-order valence-electron chi connectivity index (χ4n) is 5.89. The maximum absolute atomic E-state index is 12.4. The van der Waals surface area contributed by atoms with E-state index in [1.807, 2.05) is 18.3 Å². The molecule has 212 valence electrons. The van der Waals surface area contributed by atoms with E-state index in [1.54, 1.807) is 18.6 Å². The molecule has 0 bridgehead atoms. The summed E-state index contributed by atoms with van der Waals surface area (Å²) in [6, 6.07) is 14.1. The Kier molecular flexibility index (Phi) is 6.71. The van der Waals surface area contributed by atoms with Gasteiger partial charge in [-0.15, -0.1) is 0 Å². The average Bonchev–Trinajstić information content (AvgIpc) is 3.15. The lowest BCUT2D eigenvalue weighted by Crippen LogP contribution is -2.54. The van der Waals surface area contributed by atoms with Crippen LogP contribution in [0.4, 0.5) is 34.8 Å². The molecule has 40 heavy (non-hydrogen) atoms. The third-order valence-corrected chi connectivity index (χ3v) is 8.62. The molecule has 2 fully saturated rings. The standard InChI is InChI=1S/C29H38N8O2S/c1-28(2)17-23-29(3,19-39-28)22-18-31-27(32-20-9-11-21(12-10-20)36-15-13-30-14-16-36)34-26(22)37(23)25-8-6-7-24(33-25)35-40(4,5)38/h6-12,18,23,30H,13-17,19H2,1-5H3,(H,31,32,34)/t23-,29-/m1/s1. The average molecular weight is 563 g/mol. The summed E-state index contributed by atoms with van der Waals surface area (Å²) >= 11 is 0. The first-order valence-corrected chi connectivity index (χ1v) is 16.1. The van der Waals surface area contributed by atoms with Gasteiger partial charge < -0.3 is 25.2 Å². The lowest BCUT2D eigenvalue weighted by molar-refractivity contribution is -0.0893. The number of aromatic nitrogens is 3. The molecule has 3 aliphatic heterocycles. The minimum atomic E-state index is -2.35. The SMILES string of the molecule is CC1(C)C[C@H]2N(c3cccc(N=S(C)(C)=O)n3)c3nc(Nc4ccc(N5CCNCC5)cc4)ncc3[C@@]2(C)CO1. The van der Waals surface area contributed by atoms with Crippen LogP contribution in [0.2, 0.25) is 0 Å². The minimum absolute atomic E-state index is 0.0597. The van der Waals surface area contributed by atoms with Gasteiger partial charge >= 0.3 is 0 Å². The van der Waals surface area contributed by atoms with E-state index in [0.29, 0.717) is 18.4 Å². The third kappa shape index (κ3) is 5.25. The van der Waals surface area contributed by atoms with Crippen LogP contribution in [0.25, 0.3) is 0 Å². The quantitative estimate of drug-likeness (QED) is 0.469. The molecule has 3 aliphatic rings. The van der Waals surface area contributed by atoms with Gasteiger partial charge in [-0.1, -0.05) is 13.0 Å². The lowest BCUT2D eigenvalue weighted by atomic mass is 9.73. The molecule has 11 heteroatoms. The summed E-state index contributed by atoms with van der Waals surface area (Å²) in [5.74, 6) is 2.50. The van der Waals surface area contributed by atoms with E-state index in [0.717, 1.165) is 55.5 Å². The molecule has 2 aromatic heterocycles. The zero-order chi connectivity index (χ0) is 28.1. The van der Waals surface area contributed by atoms with Crippen LogP contribution in [0.3, 0.4) is 0 Å². The van der Waals surface area contributed by atoms with Crippen molar-refractivity contribution >= 4 is 44.5 Å². The molecule has 10 nitrogen and oxygen atoms in total. The number of fused-ring (bicyclic) bond motifs is 3. The number of hydrogen-bond acceptors (Lipinski definition) is 10. The Balaban J connectivity index is 1.36. The summed E-state index contributed by atoms with van der Waals surface area (Å²) in [7, 11) is -2.35. The molecule has 0 saturated carbocycles. The maximum atomic E-state index is 12.4. The van der Waals surface area contributed by atoms with Crippen molar-refractivity contribution in [1.82, 2.24) is 20.3 Å². The molecule has 0 aliphatic carbocycles. The van der Waals surface area contributed by atoms with Gasteiger partial charge in [0, 0.05) is 77.0 Å². The molecule has 6 rings (SSSR count). The zero-order valence-corrected chi connectivity index (χ0v) is 24.7. The molecule has 2 saturated heterocycles. The predicted molar refractivity (Wildman–Crippen MR) is 161 cm³/mol. The highest BCUT2D eigenvalue weighted by molar-refractivity contribution is 7.92. The summed E-state index contributed by atoms with van der Waals surface area (Å²) in [5.41, 5.74) is 2.57. The van der Waals surface area contributed by atoms with E-state index in [-0.39, 0.29) is 17.1 Å². The van der Waals surface area contributed by atoms with Gasteiger partial charge in [-0.05, 0) is 56.7 Å². The van der Waals surface area contributed by atoms with Gasteiger partial charge in [-0.2, -0.15) is 9.35 Å². The van der Waals surface area contributed by atoms with Crippen molar-refractivity contribution in [1.29, 1.82) is 0 Å². The van der Waals surface area contributed by atoms with Gasteiger partial charge in [-0.3, -0.25) is 0 Å². The van der Waals surface area contributed by atoms with Gasteiger partial charge in [-0.25, -0.2) is 14.2 Å². The van der Waals surface area contributed by atoms with Crippen LogP contribution in [0.15, 0.2) is 53.0 Å². The van der Waals surface area contributed by atoms with E-state index in [4.69, 9.17) is 19.7 Å². The van der Waals surface area contributed by atoms with Crippen LogP contribution in [0.1, 0.15) is 32.8 Å². The maximum Gasteiger partial charge on any atom is 0.229 e. The molecular formula is C29H38N8O2S. The first-order valence-electron chi connectivity index (χ1n) is 13.8. The van der Waals surface area contributed by atoms with Crippen LogP contribution in [-0.2, 0) is 19.9 Å². The number of ether oxygens (including phenoxy) is 1. The molecule has 5 heterocycles. The van der Waals surface area contributed by atoms with Crippen LogP contribution in [0.5, 0.6) is 0 Å². The molecule has 0 radical (unpaired) electrons. The number of benzene rings is 1. The number of piperazine rings is 1. The Morgan fingerprint density at radius 1 is 1.07 bits per heavy atom. The van der Waals surface area contributed by atoms with E-state index in [2.05, 4.69) is 69.8 Å². The normalized spacial score (nSPS) is 23.9. The molecule has 0 unspecified atom stereocenters. The molecular weight excluding hydrogens is 524 g/mol. The second-order valence-corrected chi connectivity index (χ2v) is 14.6. The first-order chi connectivity index (χ1) is 19.0. The molecule has 3 aromatic rings. The summed E-state index contributed by atoms with van der Waals surface area (Å²) < 4.78 is 23.1. The van der Waals surface area contributed by atoms with Crippen LogP contribution in [0, 0.1) is 0 Å². The van der Waals surface area contributed by atoms with Crippen molar-refractivity contribution in [3.8, 4) is 0 Å². The topological polar surface area (TPSA) is 108 Å². The number of anilines is 5. The van der Waals surface area contributed by atoms with Gasteiger partial charge in [0.25, 0.3) is 0 Å². The van der Waals surface area contributed by atoms with Crippen LogP contribution in [-0.4, -0.2) is 76.1 Å². The number of nitrogens with one attached hydrogen (secondary N) is 2. The fourth-order valence-corrected chi connectivity index (χ4v) is 6.44.